The maximum absolute atomic E-state index is 8.27. The highest BCUT2D eigenvalue weighted by Crippen LogP contribution is 2.42. The SMILES string of the molecule is Cc1cccc2sc3cccc(-c4cc(-c5ccccc5)nc(-c5ccccc5)n4)c3c12.N=C(c1ccccc1)c1sc2ccccc2c1N. The van der Waals surface area contributed by atoms with E-state index >= 15 is 0 Å². The topological polar surface area (TPSA) is 75.7 Å². The summed E-state index contributed by atoms with van der Waals surface area (Å²) in [5, 5.41) is 11.9. The summed E-state index contributed by atoms with van der Waals surface area (Å²) in [5.41, 5.74) is 14.7. The van der Waals surface area contributed by atoms with Crippen LogP contribution in [0, 0.1) is 12.3 Å². The van der Waals surface area contributed by atoms with Gasteiger partial charge in [0.25, 0.3) is 0 Å². The van der Waals surface area contributed by atoms with Gasteiger partial charge in [-0.3, -0.25) is 5.41 Å². The Morgan fingerprint density at radius 2 is 1.14 bits per heavy atom. The van der Waals surface area contributed by atoms with Crippen LogP contribution in [0.3, 0.4) is 0 Å². The van der Waals surface area contributed by atoms with Crippen LogP contribution < -0.4 is 5.73 Å². The van der Waals surface area contributed by atoms with Gasteiger partial charge in [-0.1, -0.05) is 133 Å². The van der Waals surface area contributed by atoms with Gasteiger partial charge in [-0.25, -0.2) is 9.97 Å². The summed E-state index contributed by atoms with van der Waals surface area (Å²) in [5.74, 6) is 0.746. The molecule has 0 saturated heterocycles. The van der Waals surface area contributed by atoms with Crippen molar-refractivity contribution >= 4 is 64.3 Å². The fourth-order valence-electron chi connectivity index (χ4n) is 6.30. The van der Waals surface area contributed by atoms with E-state index in [1.54, 1.807) is 11.3 Å². The monoisotopic (exact) mass is 680 g/mol. The molecule has 6 heteroatoms. The molecule has 0 fully saturated rings. The summed E-state index contributed by atoms with van der Waals surface area (Å²) < 4.78 is 3.73. The highest BCUT2D eigenvalue weighted by atomic mass is 32.1. The predicted octanol–water partition coefficient (Wildman–Crippen LogP) is 12.1. The minimum atomic E-state index is 0.495. The number of thiophene rings is 2. The highest BCUT2D eigenvalue weighted by molar-refractivity contribution is 7.26. The van der Waals surface area contributed by atoms with E-state index in [2.05, 4.69) is 85.8 Å². The molecule has 0 bridgehead atoms. The minimum absolute atomic E-state index is 0.495. The molecule has 0 atom stereocenters. The van der Waals surface area contributed by atoms with Crippen molar-refractivity contribution in [1.29, 1.82) is 5.41 Å². The van der Waals surface area contributed by atoms with E-state index in [0.29, 0.717) is 11.4 Å². The van der Waals surface area contributed by atoms with Crippen molar-refractivity contribution in [3.05, 3.63) is 174 Å². The van der Waals surface area contributed by atoms with Crippen LogP contribution in [-0.2, 0) is 0 Å². The smallest absolute Gasteiger partial charge is 0.160 e. The molecule has 0 saturated carbocycles. The lowest BCUT2D eigenvalue weighted by atomic mass is 9.99. The third kappa shape index (κ3) is 5.96. The second kappa shape index (κ2) is 13.5. The fraction of sp³-hybridized carbons (Fsp3) is 0.0227. The normalized spacial score (nSPS) is 11.1. The minimum Gasteiger partial charge on any atom is -0.397 e. The van der Waals surface area contributed by atoms with Crippen LogP contribution in [0.4, 0.5) is 5.69 Å². The molecule has 4 nitrogen and oxygen atoms in total. The van der Waals surface area contributed by atoms with Crippen LogP contribution in [0.2, 0.25) is 0 Å². The van der Waals surface area contributed by atoms with Crippen LogP contribution in [-0.4, -0.2) is 15.7 Å². The van der Waals surface area contributed by atoms with Crippen molar-refractivity contribution in [2.75, 3.05) is 5.73 Å². The Bertz CT molecular complexity index is 2570. The van der Waals surface area contributed by atoms with E-state index in [1.807, 2.05) is 90.2 Å². The molecule has 240 valence electrons. The zero-order chi connectivity index (χ0) is 34.0. The molecule has 0 aliphatic carbocycles. The average Bonchev–Trinajstić information content (AvgIpc) is 3.74. The molecule has 0 aliphatic heterocycles. The molecule has 3 aromatic heterocycles. The van der Waals surface area contributed by atoms with Crippen molar-refractivity contribution in [1.82, 2.24) is 9.97 Å². The molecule has 0 spiro atoms. The number of nitrogens with zero attached hydrogens (tertiary/aromatic N) is 2. The zero-order valence-electron chi connectivity index (χ0n) is 27.3. The lowest BCUT2D eigenvalue weighted by molar-refractivity contribution is 1.19. The molecule has 3 N–H and O–H groups in total. The molecule has 0 unspecified atom stereocenters. The Morgan fingerprint density at radius 1 is 0.560 bits per heavy atom. The standard InChI is InChI=1S/C29H20N2S.C15H12N2S/c1-19-10-8-16-25-27(19)28-22(15-9-17-26(28)32-25)24-18-23(20-11-4-2-5-12-20)30-29(31-24)21-13-6-3-7-14-21;16-13(10-6-2-1-3-7-10)15-14(17)11-8-4-5-9-12(11)18-15/h2-18H,1H3;1-9,16H,17H2. The zero-order valence-corrected chi connectivity index (χ0v) is 28.9. The van der Waals surface area contributed by atoms with Crippen LogP contribution in [0.25, 0.3) is 64.2 Å². The first-order chi connectivity index (χ1) is 24.5. The van der Waals surface area contributed by atoms with Crippen LogP contribution in [0.5, 0.6) is 0 Å². The molecule has 0 amide bonds. The number of benzene rings is 6. The Labute approximate surface area is 298 Å². The lowest BCUT2D eigenvalue weighted by Gasteiger charge is -2.11. The van der Waals surface area contributed by atoms with Gasteiger partial charge in [0, 0.05) is 52.5 Å². The number of nitrogens with two attached hydrogens (primary N) is 1. The number of rotatable bonds is 5. The first kappa shape index (κ1) is 31.3. The fourth-order valence-corrected chi connectivity index (χ4v) is 8.60. The first-order valence-electron chi connectivity index (χ1n) is 16.4. The van der Waals surface area contributed by atoms with Crippen molar-refractivity contribution in [3.8, 4) is 33.9 Å². The quantitative estimate of drug-likeness (QED) is 0.178. The van der Waals surface area contributed by atoms with Gasteiger partial charge >= 0.3 is 0 Å². The van der Waals surface area contributed by atoms with E-state index < -0.39 is 0 Å². The lowest BCUT2D eigenvalue weighted by Crippen LogP contribution is -2.01. The van der Waals surface area contributed by atoms with Crippen LogP contribution in [0.1, 0.15) is 16.0 Å². The summed E-state index contributed by atoms with van der Waals surface area (Å²) in [4.78, 5) is 10.8. The van der Waals surface area contributed by atoms with E-state index in [0.717, 1.165) is 54.4 Å². The van der Waals surface area contributed by atoms with Crippen LogP contribution in [0.15, 0.2) is 158 Å². The number of hydrogen-bond acceptors (Lipinski definition) is 6. The molecule has 9 aromatic rings. The average molecular weight is 681 g/mol. The molecule has 0 aliphatic rings. The second-order valence-electron chi connectivity index (χ2n) is 12.0. The number of hydrogen-bond donors (Lipinski definition) is 2. The highest BCUT2D eigenvalue weighted by Gasteiger charge is 2.17. The largest absolute Gasteiger partial charge is 0.397 e. The third-order valence-electron chi connectivity index (χ3n) is 8.76. The summed E-state index contributed by atoms with van der Waals surface area (Å²) >= 11 is 3.42. The second-order valence-corrected chi connectivity index (χ2v) is 14.1. The van der Waals surface area contributed by atoms with Gasteiger partial charge in [0.2, 0.25) is 0 Å². The first-order valence-corrected chi connectivity index (χ1v) is 18.0. The van der Waals surface area contributed by atoms with Crippen LogP contribution >= 0.6 is 22.7 Å². The molecular weight excluding hydrogens is 649 g/mol. The molecule has 3 heterocycles. The number of aryl methyl sites for hydroxylation is 1. The number of nitrogen functional groups attached to an aromatic ring is 1. The van der Waals surface area contributed by atoms with Crippen molar-refractivity contribution in [2.45, 2.75) is 6.92 Å². The van der Waals surface area contributed by atoms with Crippen molar-refractivity contribution in [2.24, 2.45) is 0 Å². The van der Waals surface area contributed by atoms with Gasteiger partial charge in [-0.05, 0) is 36.8 Å². The maximum Gasteiger partial charge on any atom is 0.160 e. The van der Waals surface area contributed by atoms with E-state index in [1.165, 1.54) is 25.7 Å². The molecular formula is C44H32N4S2. The summed E-state index contributed by atoms with van der Waals surface area (Å²) in [6.45, 7) is 2.19. The third-order valence-corrected chi connectivity index (χ3v) is 11.1. The van der Waals surface area contributed by atoms with E-state index in [9.17, 15) is 0 Å². The maximum atomic E-state index is 8.27. The Kier molecular flexibility index (Phi) is 8.47. The summed E-state index contributed by atoms with van der Waals surface area (Å²) in [6, 6.07) is 53.5. The van der Waals surface area contributed by atoms with Gasteiger partial charge in [-0.2, -0.15) is 0 Å². The number of fused-ring (bicyclic) bond motifs is 4. The Morgan fingerprint density at radius 3 is 1.86 bits per heavy atom. The van der Waals surface area contributed by atoms with Crippen molar-refractivity contribution < 1.29 is 0 Å². The van der Waals surface area contributed by atoms with Crippen molar-refractivity contribution in [3.63, 3.8) is 0 Å². The van der Waals surface area contributed by atoms with Gasteiger partial charge in [0.15, 0.2) is 5.82 Å². The molecule has 6 aromatic carbocycles. The van der Waals surface area contributed by atoms with E-state index in [4.69, 9.17) is 21.1 Å². The van der Waals surface area contributed by atoms with Gasteiger partial charge < -0.3 is 5.73 Å². The molecule has 50 heavy (non-hydrogen) atoms. The molecule has 0 radical (unpaired) electrons. The summed E-state index contributed by atoms with van der Waals surface area (Å²) in [6.07, 6.45) is 0. The summed E-state index contributed by atoms with van der Waals surface area (Å²) in [7, 11) is 0. The van der Waals surface area contributed by atoms with Gasteiger partial charge in [0.1, 0.15) is 0 Å². The van der Waals surface area contributed by atoms with Gasteiger partial charge in [0.05, 0.1) is 27.7 Å². The molecule has 9 rings (SSSR count). The predicted molar refractivity (Wildman–Crippen MR) is 215 cm³/mol. The Hall–Kier alpha value is -5.95. The number of anilines is 1. The Balaban J connectivity index is 0.000000170. The van der Waals surface area contributed by atoms with E-state index in [-0.39, 0.29) is 0 Å². The van der Waals surface area contributed by atoms with Gasteiger partial charge in [-0.15, -0.1) is 22.7 Å². The number of aromatic nitrogens is 2. The number of nitrogens with one attached hydrogen (secondary N) is 1.